The SMILES string of the molecule is S=P1(N2c3ccccc3Sc3ccccc32)Oc2ccccc2-c2ccccc21.S=S=S=S=S=S=S=S.c1ccc2c(c1)OP(N1c3ccccc3Sc3ccccc31)c1ccccc1-2. The highest BCUT2D eigenvalue weighted by molar-refractivity contribution is 8.70. The molecule has 322 valence electrons. The van der Waals surface area contributed by atoms with Gasteiger partial charge in [0, 0.05) is 117 Å². The summed E-state index contributed by atoms with van der Waals surface area (Å²) in [5.74, 6) is 1.82. The normalized spacial score (nSPS) is 16.2. The number of anilines is 4. The Morgan fingerprint density at radius 3 is 1.42 bits per heavy atom. The Labute approximate surface area is 420 Å². The van der Waals surface area contributed by atoms with Crippen molar-refractivity contribution in [2.75, 3.05) is 9.34 Å². The van der Waals surface area contributed by atoms with Crippen molar-refractivity contribution in [3.05, 3.63) is 194 Å². The van der Waals surface area contributed by atoms with Gasteiger partial charge in [0.1, 0.15) is 11.5 Å². The molecule has 0 aromatic heterocycles. The second kappa shape index (κ2) is 20.8. The van der Waals surface area contributed by atoms with E-state index >= 15 is 0 Å². The van der Waals surface area contributed by atoms with Crippen LogP contribution in [0.3, 0.4) is 0 Å². The van der Waals surface area contributed by atoms with E-state index in [1.165, 1.54) is 70.7 Å². The Kier molecular flexibility index (Phi) is 14.5. The lowest BCUT2D eigenvalue weighted by Gasteiger charge is -2.43. The summed E-state index contributed by atoms with van der Waals surface area (Å²) in [4.78, 5) is 4.94. The van der Waals surface area contributed by atoms with Gasteiger partial charge in [-0.25, -0.2) is 0 Å². The van der Waals surface area contributed by atoms with Crippen molar-refractivity contribution in [3.63, 3.8) is 0 Å². The molecule has 8 aromatic rings. The van der Waals surface area contributed by atoms with Gasteiger partial charge in [0.15, 0.2) is 0 Å². The second-order valence-corrected chi connectivity index (χ2v) is 32.1. The third kappa shape index (κ3) is 9.14. The van der Waals surface area contributed by atoms with Crippen molar-refractivity contribution in [2.24, 2.45) is 0 Å². The van der Waals surface area contributed by atoms with E-state index in [9.17, 15) is 0 Å². The van der Waals surface area contributed by atoms with Crippen LogP contribution in [0.2, 0.25) is 0 Å². The van der Waals surface area contributed by atoms with Crippen LogP contribution in [-0.4, -0.2) is 0 Å². The maximum absolute atomic E-state index is 6.74. The lowest BCUT2D eigenvalue weighted by Crippen LogP contribution is -2.30. The molecule has 0 aliphatic carbocycles. The molecular weight excluding hydrogens is 1050 g/mol. The highest BCUT2D eigenvalue weighted by Crippen LogP contribution is 2.66. The molecule has 4 aliphatic heterocycles. The lowest BCUT2D eigenvalue weighted by molar-refractivity contribution is 0.617. The molecule has 0 amide bonds. The van der Waals surface area contributed by atoms with Gasteiger partial charge in [0.25, 0.3) is 0 Å². The molecule has 0 saturated carbocycles. The summed E-state index contributed by atoms with van der Waals surface area (Å²) in [6.07, 6.45) is -2.62. The van der Waals surface area contributed by atoms with Crippen molar-refractivity contribution >= 4 is 159 Å². The molecule has 17 heteroatoms. The fourth-order valence-corrected chi connectivity index (χ4v) is 27.1. The summed E-state index contributed by atoms with van der Waals surface area (Å²) < 4.78 is 18.1. The fourth-order valence-electron chi connectivity index (χ4n) is 7.87. The maximum Gasteiger partial charge on any atom is 0.239 e. The van der Waals surface area contributed by atoms with Gasteiger partial charge < -0.3 is 9.05 Å². The van der Waals surface area contributed by atoms with Crippen LogP contribution in [0.1, 0.15) is 0 Å². The highest BCUT2D eigenvalue weighted by Gasteiger charge is 2.42. The highest BCUT2D eigenvalue weighted by atomic mass is 33.4. The molecule has 8 aromatic carbocycles. The number of rotatable bonds is 2. The number of nitrogens with zero attached hydrogens (tertiary/aromatic N) is 2. The number of fused-ring (bicyclic) bond motifs is 10. The van der Waals surface area contributed by atoms with Crippen molar-refractivity contribution < 1.29 is 9.05 Å². The van der Waals surface area contributed by atoms with Crippen LogP contribution < -0.4 is 29.0 Å². The molecule has 0 spiro atoms. The van der Waals surface area contributed by atoms with Gasteiger partial charge in [0.2, 0.25) is 14.7 Å². The topological polar surface area (TPSA) is 24.9 Å². The van der Waals surface area contributed by atoms with Gasteiger partial charge >= 0.3 is 0 Å². The predicted molar refractivity (Wildman–Crippen MR) is 303 cm³/mol. The molecule has 2 unspecified atom stereocenters. The van der Waals surface area contributed by atoms with Crippen molar-refractivity contribution in [1.82, 2.24) is 0 Å². The van der Waals surface area contributed by atoms with Gasteiger partial charge in [0.05, 0.1) is 22.7 Å². The summed E-state index contributed by atoms with van der Waals surface area (Å²) >= 11 is 19.3. The first kappa shape index (κ1) is 45.3. The molecule has 4 heterocycles. The van der Waals surface area contributed by atoms with Crippen molar-refractivity contribution in [2.45, 2.75) is 19.6 Å². The quantitative estimate of drug-likeness (QED) is 0.157. The number of hydrogen-bond donors (Lipinski definition) is 0. The van der Waals surface area contributed by atoms with E-state index in [1.54, 1.807) is 47.3 Å². The van der Waals surface area contributed by atoms with E-state index in [0.717, 1.165) is 33.7 Å². The van der Waals surface area contributed by atoms with Gasteiger partial charge in [-0.15, -0.1) is 0 Å². The molecule has 0 saturated heterocycles. The molecule has 2 atom stereocenters. The first-order chi connectivity index (χ1) is 32.1. The molecule has 0 radical (unpaired) electrons. The summed E-state index contributed by atoms with van der Waals surface area (Å²) in [5, 5.41) is 2.36. The second-order valence-electron chi connectivity index (χ2n) is 14.1. The van der Waals surface area contributed by atoms with Crippen LogP contribution >= 0.6 is 38.2 Å². The standard InChI is InChI=1S/C24H16NOPS2.C24H16NOPS.S8/c28-27(22-14-6-2-10-18(22)17-9-1-5-13-21(17)26-27)25-19-11-3-7-15-23(19)29-24-16-8-4-12-20(24)25;1-5-13-21-17(9-1)18-10-2-6-14-22(18)27(26-21)25-19-11-3-7-15-23(19)28-24-16-8-4-12-20(24)25;1-3-5-7-8-6-4-2/h1-16H;1-16H;. The first-order valence-electron chi connectivity index (χ1n) is 19.8. The van der Waals surface area contributed by atoms with Crippen LogP contribution in [0, 0.1) is 0 Å². The van der Waals surface area contributed by atoms with Crippen LogP contribution in [0.25, 0.3) is 22.3 Å². The van der Waals surface area contributed by atoms with Gasteiger partial charge in [-0.3, -0.25) is 9.34 Å². The molecule has 4 aliphatic rings. The molecule has 12 rings (SSSR count). The number of benzene rings is 8. The number of hydrogen-bond acceptors (Lipinski definition) is 8. The molecule has 0 bridgehead atoms. The summed E-state index contributed by atoms with van der Waals surface area (Å²) in [7, 11) is 8.08. The Hall–Kier alpha value is -3.50. The minimum Gasteiger partial charge on any atom is -0.448 e. The van der Waals surface area contributed by atoms with Crippen molar-refractivity contribution in [3.8, 4) is 33.8 Å². The van der Waals surface area contributed by atoms with E-state index in [1.807, 2.05) is 30.0 Å². The Morgan fingerprint density at radius 2 is 0.846 bits per heavy atom. The largest absolute Gasteiger partial charge is 0.448 e. The molecule has 65 heavy (non-hydrogen) atoms. The van der Waals surface area contributed by atoms with Gasteiger partial charge in [-0.2, -0.15) is 0 Å². The lowest BCUT2D eigenvalue weighted by atomic mass is 10.0. The van der Waals surface area contributed by atoms with Crippen LogP contribution in [0.15, 0.2) is 214 Å². The Morgan fingerprint density at radius 1 is 0.431 bits per heavy atom. The summed E-state index contributed by atoms with van der Waals surface area (Å²) in [6, 6.07) is 67.8. The van der Waals surface area contributed by atoms with Crippen LogP contribution in [-0.2, 0) is 87.5 Å². The summed E-state index contributed by atoms with van der Waals surface area (Å²) in [5.41, 5.74) is 9.39. The smallest absolute Gasteiger partial charge is 0.239 e. The van der Waals surface area contributed by atoms with Crippen LogP contribution in [0.5, 0.6) is 11.5 Å². The predicted octanol–water partition coefficient (Wildman–Crippen LogP) is 14.0. The maximum atomic E-state index is 6.74. The Balaban J connectivity index is 0.000000132. The minimum atomic E-state index is -2.62. The molecular formula is C48H32N2O2P2S11. The van der Waals surface area contributed by atoms with Gasteiger partial charge in [-0.05, 0) is 95.7 Å². The zero-order valence-corrected chi connectivity index (χ0v) is 44.3. The van der Waals surface area contributed by atoms with Crippen molar-refractivity contribution in [1.29, 1.82) is 0 Å². The van der Waals surface area contributed by atoms with E-state index in [-0.39, 0.29) is 0 Å². The first-order valence-corrected chi connectivity index (χ1v) is 34.7. The third-order valence-electron chi connectivity index (χ3n) is 10.5. The van der Waals surface area contributed by atoms with E-state index in [2.05, 4.69) is 208 Å². The molecule has 4 nitrogen and oxygen atoms in total. The molecule has 0 fully saturated rings. The zero-order chi connectivity index (χ0) is 44.2. The van der Waals surface area contributed by atoms with E-state index in [4.69, 9.17) is 20.9 Å². The fraction of sp³-hybridized carbons (Fsp3) is 0. The monoisotopic (exact) mass is 1080 g/mol. The van der Waals surface area contributed by atoms with Gasteiger partial charge in [-0.1, -0.05) is 145 Å². The minimum absolute atomic E-state index is 0.864. The number of para-hydroxylation sites is 6. The van der Waals surface area contributed by atoms with Crippen LogP contribution in [0.4, 0.5) is 22.7 Å². The Bertz CT molecular complexity index is 3350. The average molecular weight is 1080 g/mol. The third-order valence-corrected chi connectivity index (χ3v) is 29.5. The average Bonchev–Trinajstić information content (AvgIpc) is 3.36. The summed E-state index contributed by atoms with van der Waals surface area (Å²) in [6.45, 7) is 0. The van der Waals surface area contributed by atoms with E-state index in [0.29, 0.717) is 0 Å². The molecule has 0 N–H and O–H groups in total. The zero-order valence-electron chi connectivity index (χ0n) is 33.6. The van der Waals surface area contributed by atoms with E-state index < -0.39 is 14.7 Å².